The lowest BCUT2D eigenvalue weighted by molar-refractivity contribution is 0.161. The highest BCUT2D eigenvalue weighted by molar-refractivity contribution is 5.85. The molecule has 5 heteroatoms. The van der Waals surface area contributed by atoms with Gasteiger partial charge in [0.1, 0.15) is 5.69 Å². The van der Waals surface area contributed by atoms with Gasteiger partial charge in [-0.2, -0.15) is 0 Å². The molecule has 0 amide bonds. The van der Waals surface area contributed by atoms with Crippen LogP contribution in [0.1, 0.15) is 18.6 Å². The zero-order valence-electron chi connectivity index (χ0n) is 13.0. The van der Waals surface area contributed by atoms with Gasteiger partial charge in [-0.1, -0.05) is 35.5 Å². The summed E-state index contributed by atoms with van der Waals surface area (Å²) >= 11 is 0. The van der Waals surface area contributed by atoms with E-state index in [0.717, 1.165) is 49.1 Å². The lowest BCUT2D eigenvalue weighted by Gasteiger charge is -2.30. The van der Waals surface area contributed by atoms with Crippen LogP contribution in [0, 0.1) is 5.92 Å². The van der Waals surface area contributed by atoms with Gasteiger partial charge in [0.15, 0.2) is 5.76 Å². The van der Waals surface area contributed by atoms with E-state index in [0.29, 0.717) is 0 Å². The van der Waals surface area contributed by atoms with Crippen molar-refractivity contribution in [3.63, 3.8) is 0 Å². The van der Waals surface area contributed by atoms with Crippen molar-refractivity contribution in [1.29, 1.82) is 0 Å². The first kappa shape index (κ1) is 17.0. The first-order valence-electron chi connectivity index (χ1n) is 7.73. The number of nitrogens with zero attached hydrogens (tertiary/aromatic N) is 2. The van der Waals surface area contributed by atoms with Crippen molar-refractivity contribution in [1.82, 2.24) is 15.4 Å². The van der Waals surface area contributed by atoms with E-state index in [-0.39, 0.29) is 12.4 Å². The van der Waals surface area contributed by atoms with Gasteiger partial charge >= 0.3 is 0 Å². The summed E-state index contributed by atoms with van der Waals surface area (Å²) in [5.41, 5.74) is 2.04. The molecular weight excluding hydrogens is 298 g/mol. The van der Waals surface area contributed by atoms with E-state index in [1.807, 2.05) is 25.2 Å². The molecule has 0 radical (unpaired) electrons. The van der Waals surface area contributed by atoms with Crippen molar-refractivity contribution in [2.45, 2.75) is 19.4 Å². The average Bonchev–Trinajstić information content (AvgIpc) is 2.99. The van der Waals surface area contributed by atoms with E-state index in [9.17, 15) is 0 Å². The van der Waals surface area contributed by atoms with E-state index < -0.39 is 0 Å². The van der Waals surface area contributed by atoms with Gasteiger partial charge in [-0.25, -0.2) is 0 Å². The van der Waals surface area contributed by atoms with E-state index in [4.69, 9.17) is 4.52 Å². The highest BCUT2D eigenvalue weighted by Crippen LogP contribution is 2.22. The van der Waals surface area contributed by atoms with Crippen LogP contribution in [0.15, 0.2) is 40.9 Å². The molecule has 1 aromatic carbocycles. The molecular formula is C17H24ClN3O. The number of piperidine rings is 1. The fourth-order valence-corrected chi connectivity index (χ4v) is 2.99. The fourth-order valence-electron chi connectivity index (χ4n) is 2.99. The first-order valence-corrected chi connectivity index (χ1v) is 7.73. The lowest BCUT2D eigenvalue weighted by Crippen LogP contribution is -2.36. The predicted octanol–water partition coefficient (Wildman–Crippen LogP) is 3.19. The lowest BCUT2D eigenvalue weighted by atomic mass is 9.97. The van der Waals surface area contributed by atoms with Crippen LogP contribution in [-0.2, 0) is 6.54 Å². The Morgan fingerprint density at radius 3 is 2.64 bits per heavy atom. The van der Waals surface area contributed by atoms with Crippen molar-refractivity contribution in [2.24, 2.45) is 5.92 Å². The van der Waals surface area contributed by atoms with E-state index in [2.05, 4.69) is 33.6 Å². The Morgan fingerprint density at radius 2 is 1.95 bits per heavy atom. The van der Waals surface area contributed by atoms with Crippen LogP contribution >= 0.6 is 12.4 Å². The monoisotopic (exact) mass is 321 g/mol. The molecule has 2 heterocycles. The predicted molar refractivity (Wildman–Crippen MR) is 91.1 cm³/mol. The Kier molecular flexibility index (Phi) is 6.43. The van der Waals surface area contributed by atoms with Crippen molar-refractivity contribution in [2.75, 3.05) is 26.7 Å². The number of hydrogen-bond acceptors (Lipinski definition) is 4. The minimum Gasteiger partial charge on any atom is -0.359 e. The molecule has 0 saturated carbocycles. The fraction of sp³-hybridized carbons (Fsp3) is 0.471. The quantitative estimate of drug-likeness (QED) is 0.918. The maximum atomic E-state index is 5.49. The van der Waals surface area contributed by atoms with Gasteiger partial charge in [0.25, 0.3) is 0 Å². The highest BCUT2D eigenvalue weighted by Gasteiger charge is 2.19. The Balaban J connectivity index is 0.00000176. The second-order valence-corrected chi connectivity index (χ2v) is 5.82. The molecule has 0 spiro atoms. The highest BCUT2D eigenvalue weighted by atomic mass is 35.5. The third-order valence-corrected chi connectivity index (χ3v) is 4.21. The molecule has 1 saturated heterocycles. The number of hydrogen-bond donors (Lipinski definition) is 1. The Hall–Kier alpha value is -1.36. The Morgan fingerprint density at radius 1 is 1.23 bits per heavy atom. The van der Waals surface area contributed by atoms with Gasteiger partial charge in [0.05, 0.1) is 6.54 Å². The van der Waals surface area contributed by atoms with E-state index in [1.165, 1.54) is 12.8 Å². The van der Waals surface area contributed by atoms with Gasteiger partial charge in [0, 0.05) is 11.6 Å². The van der Waals surface area contributed by atoms with Crippen LogP contribution < -0.4 is 5.32 Å². The maximum absolute atomic E-state index is 5.49. The van der Waals surface area contributed by atoms with Crippen LogP contribution in [-0.4, -0.2) is 36.7 Å². The molecule has 1 aliphatic rings. The zero-order valence-corrected chi connectivity index (χ0v) is 13.8. The summed E-state index contributed by atoms with van der Waals surface area (Å²) in [6.45, 7) is 4.29. The van der Waals surface area contributed by atoms with Crippen molar-refractivity contribution < 1.29 is 4.52 Å². The molecule has 3 rings (SSSR count). The van der Waals surface area contributed by atoms with Gasteiger partial charge in [-0.15, -0.1) is 12.4 Å². The second-order valence-electron chi connectivity index (χ2n) is 5.82. The van der Waals surface area contributed by atoms with Crippen LogP contribution in [0.4, 0.5) is 0 Å². The molecule has 120 valence electrons. The summed E-state index contributed by atoms with van der Waals surface area (Å²) in [7, 11) is 2.03. The van der Waals surface area contributed by atoms with E-state index >= 15 is 0 Å². The third-order valence-electron chi connectivity index (χ3n) is 4.21. The zero-order chi connectivity index (χ0) is 14.5. The number of likely N-dealkylation sites (tertiary alicyclic amines) is 1. The van der Waals surface area contributed by atoms with Gasteiger partial charge in [0.2, 0.25) is 0 Å². The number of halogens is 1. The SMILES string of the molecule is CNCC1CCN(Cc2cc(-c3ccccc3)no2)CC1.Cl. The van der Waals surface area contributed by atoms with Crippen molar-refractivity contribution >= 4 is 12.4 Å². The Bertz CT molecular complexity index is 550. The molecule has 1 fully saturated rings. The number of rotatable bonds is 5. The molecule has 1 aliphatic heterocycles. The number of nitrogens with one attached hydrogen (secondary N) is 1. The molecule has 4 nitrogen and oxygen atoms in total. The Labute approximate surface area is 138 Å². The number of benzene rings is 1. The smallest absolute Gasteiger partial charge is 0.151 e. The minimum atomic E-state index is 0. The molecule has 0 unspecified atom stereocenters. The molecule has 0 atom stereocenters. The average molecular weight is 322 g/mol. The summed E-state index contributed by atoms with van der Waals surface area (Å²) in [4.78, 5) is 2.46. The standard InChI is InChI=1S/C17H23N3O.ClH/c1-18-12-14-7-9-20(10-8-14)13-16-11-17(19-21-16)15-5-3-2-4-6-15;/h2-6,11,14,18H,7-10,12-13H2,1H3;1H. The van der Waals surface area contributed by atoms with Crippen LogP contribution in [0.3, 0.4) is 0 Å². The number of aromatic nitrogens is 1. The van der Waals surface area contributed by atoms with Crippen LogP contribution in [0.2, 0.25) is 0 Å². The van der Waals surface area contributed by atoms with Crippen LogP contribution in [0.25, 0.3) is 11.3 Å². The molecule has 0 bridgehead atoms. The molecule has 22 heavy (non-hydrogen) atoms. The van der Waals surface area contributed by atoms with Crippen molar-refractivity contribution in [3.05, 3.63) is 42.2 Å². The summed E-state index contributed by atoms with van der Waals surface area (Å²) in [6.07, 6.45) is 2.53. The van der Waals surface area contributed by atoms with Gasteiger partial charge in [-0.3, -0.25) is 4.90 Å². The first-order chi connectivity index (χ1) is 10.3. The topological polar surface area (TPSA) is 41.3 Å². The second kappa shape index (κ2) is 8.32. The summed E-state index contributed by atoms with van der Waals surface area (Å²) < 4.78 is 5.49. The van der Waals surface area contributed by atoms with E-state index in [1.54, 1.807) is 0 Å². The van der Waals surface area contributed by atoms with Gasteiger partial charge in [-0.05, 0) is 45.4 Å². The third kappa shape index (κ3) is 4.32. The largest absolute Gasteiger partial charge is 0.359 e. The molecule has 1 aromatic heterocycles. The van der Waals surface area contributed by atoms with Crippen molar-refractivity contribution in [3.8, 4) is 11.3 Å². The van der Waals surface area contributed by atoms with Crippen LogP contribution in [0.5, 0.6) is 0 Å². The summed E-state index contributed by atoms with van der Waals surface area (Å²) in [5.74, 6) is 1.78. The minimum absolute atomic E-state index is 0. The molecule has 2 aromatic rings. The summed E-state index contributed by atoms with van der Waals surface area (Å²) in [5, 5.41) is 7.46. The summed E-state index contributed by atoms with van der Waals surface area (Å²) in [6, 6.07) is 12.2. The normalized spacial score (nSPS) is 16.4. The molecule has 1 N–H and O–H groups in total. The maximum Gasteiger partial charge on any atom is 0.151 e. The van der Waals surface area contributed by atoms with Gasteiger partial charge < -0.3 is 9.84 Å². The molecule has 0 aliphatic carbocycles.